The summed E-state index contributed by atoms with van der Waals surface area (Å²) in [5.41, 5.74) is 1.18. The van der Waals surface area contributed by atoms with Crippen LogP contribution in [0.2, 0.25) is 0 Å². The van der Waals surface area contributed by atoms with Crippen LogP contribution in [0.5, 0.6) is 0 Å². The molecule has 0 nitrogen and oxygen atoms in total. The van der Waals surface area contributed by atoms with Gasteiger partial charge in [-0.15, -0.1) is 0 Å². The van der Waals surface area contributed by atoms with Crippen molar-refractivity contribution in [1.29, 1.82) is 0 Å². The first-order valence-electron chi connectivity index (χ1n) is 6.55. The Hall–Kier alpha value is -1.36. The summed E-state index contributed by atoms with van der Waals surface area (Å²) in [5.74, 6) is -5.64. The molecule has 5 heteroatoms. The molecule has 0 unspecified atom stereocenters. The zero-order valence-corrected chi connectivity index (χ0v) is 13.1. The quantitative estimate of drug-likeness (QED) is 0.368. The van der Waals surface area contributed by atoms with E-state index < -0.39 is 33.3 Å². The molecule has 0 amide bonds. The van der Waals surface area contributed by atoms with Crippen LogP contribution in [-0.2, 0) is 12.8 Å². The van der Waals surface area contributed by atoms with E-state index in [1.165, 1.54) is 0 Å². The normalized spacial score (nSPS) is 11.0. The molecule has 0 aromatic heterocycles. The predicted octanol–water partition coefficient (Wildman–Crippen LogP) is 5.80. The van der Waals surface area contributed by atoms with E-state index in [0.717, 1.165) is 11.1 Å². The van der Waals surface area contributed by atoms with E-state index >= 15 is 0 Å². The van der Waals surface area contributed by atoms with E-state index in [1.807, 2.05) is 19.9 Å². The van der Waals surface area contributed by atoms with E-state index in [4.69, 9.17) is 0 Å². The van der Waals surface area contributed by atoms with Gasteiger partial charge in [0.25, 0.3) is 0 Å². The molecule has 0 aliphatic rings. The van der Waals surface area contributed by atoms with Crippen LogP contribution in [-0.4, -0.2) is 0 Å². The van der Waals surface area contributed by atoms with E-state index in [0.29, 0.717) is 12.8 Å². The van der Waals surface area contributed by atoms with Gasteiger partial charge >= 0.3 is 0 Å². The van der Waals surface area contributed by atoms with Crippen molar-refractivity contribution in [2.24, 2.45) is 0 Å². The molecule has 0 radical (unpaired) electrons. The van der Waals surface area contributed by atoms with Gasteiger partial charge in [-0.05, 0) is 45.5 Å². The first-order valence-corrected chi connectivity index (χ1v) is 7.34. The second kappa shape index (κ2) is 6.18. The summed E-state index contributed by atoms with van der Waals surface area (Å²) in [6.45, 7) is 3.79. The number of hydrogen-bond acceptors (Lipinski definition) is 0. The summed E-state index contributed by atoms with van der Waals surface area (Å²) < 4.78 is 54.6. The molecule has 0 aliphatic heterocycles. The number of aryl methyl sites for hydroxylation is 2. The van der Waals surface area contributed by atoms with Crippen LogP contribution in [0.4, 0.5) is 17.6 Å². The summed E-state index contributed by atoms with van der Waals surface area (Å²) in [7, 11) is 0. The second-order valence-corrected chi connectivity index (χ2v) is 5.48. The summed E-state index contributed by atoms with van der Waals surface area (Å²) in [5, 5.41) is 0. The molecule has 0 N–H and O–H groups in total. The van der Waals surface area contributed by atoms with Crippen molar-refractivity contribution in [3.8, 4) is 11.1 Å². The monoisotopic (exact) mass is 360 g/mol. The van der Waals surface area contributed by atoms with Crippen LogP contribution < -0.4 is 0 Å². The van der Waals surface area contributed by atoms with Crippen molar-refractivity contribution < 1.29 is 17.6 Å². The maximum Gasteiger partial charge on any atom is 0.176 e. The Labute approximate surface area is 128 Å². The maximum absolute atomic E-state index is 14.0. The molecule has 0 heterocycles. The molecule has 0 bridgehead atoms. The largest absolute Gasteiger partial charge is 0.203 e. The Bertz CT molecular complexity index is 644. The van der Waals surface area contributed by atoms with Gasteiger partial charge in [0.1, 0.15) is 0 Å². The van der Waals surface area contributed by atoms with Crippen molar-refractivity contribution in [3.05, 3.63) is 57.1 Å². The minimum atomic E-state index is -1.43. The first-order chi connectivity index (χ1) is 9.90. The Morgan fingerprint density at radius 3 is 1.57 bits per heavy atom. The van der Waals surface area contributed by atoms with Crippen molar-refractivity contribution in [3.63, 3.8) is 0 Å². The smallest absolute Gasteiger partial charge is 0.176 e. The predicted molar refractivity (Wildman–Crippen MR) is 78.2 cm³/mol. The molecule has 2 rings (SSSR count). The minimum Gasteiger partial charge on any atom is -0.203 e. The zero-order valence-electron chi connectivity index (χ0n) is 11.5. The lowest BCUT2D eigenvalue weighted by Crippen LogP contribution is -2.02. The van der Waals surface area contributed by atoms with Crippen molar-refractivity contribution >= 4 is 15.9 Å². The van der Waals surface area contributed by atoms with E-state index in [-0.39, 0.29) is 5.56 Å². The Morgan fingerprint density at radius 1 is 0.762 bits per heavy atom. The molecule has 0 atom stereocenters. The number of benzene rings is 2. The lowest BCUT2D eigenvalue weighted by molar-refractivity contribution is 0.451. The fourth-order valence-corrected chi connectivity index (χ4v) is 2.52. The SMILES string of the molecule is CCc1cc(CC)cc(-c2c(F)c(F)c(Br)c(F)c2F)c1. The lowest BCUT2D eigenvalue weighted by Gasteiger charge is -2.12. The first kappa shape index (κ1) is 16.0. The second-order valence-electron chi connectivity index (χ2n) is 4.69. The fraction of sp³-hybridized carbons (Fsp3) is 0.250. The summed E-state index contributed by atoms with van der Waals surface area (Å²) in [6, 6.07) is 5.01. The van der Waals surface area contributed by atoms with Gasteiger partial charge in [-0.3, -0.25) is 0 Å². The van der Waals surface area contributed by atoms with Crippen LogP contribution in [0.3, 0.4) is 0 Å². The molecule has 0 saturated heterocycles. The average molecular weight is 361 g/mol. The third-order valence-corrected chi connectivity index (χ3v) is 4.06. The molecule has 2 aromatic rings. The summed E-state index contributed by atoms with van der Waals surface area (Å²) >= 11 is 2.51. The maximum atomic E-state index is 14.0. The van der Waals surface area contributed by atoms with Gasteiger partial charge in [0.05, 0.1) is 10.0 Å². The van der Waals surface area contributed by atoms with Gasteiger partial charge in [0.15, 0.2) is 23.3 Å². The standard InChI is InChI=1S/C16H13BrF4/c1-3-8-5-9(4-2)7-10(6-8)11-13(18)15(20)12(17)16(21)14(11)19/h5-7H,3-4H2,1-2H3. The topological polar surface area (TPSA) is 0 Å². The number of rotatable bonds is 3. The minimum absolute atomic E-state index is 0.145. The average Bonchev–Trinajstić information content (AvgIpc) is 2.50. The van der Waals surface area contributed by atoms with Crippen LogP contribution in [0.15, 0.2) is 22.7 Å². The van der Waals surface area contributed by atoms with Crippen LogP contribution in [0.1, 0.15) is 25.0 Å². The fourth-order valence-electron chi connectivity index (χ4n) is 2.17. The molecular formula is C16H13BrF4. The summed E-state index contributed by atoms with van der Waals surface area (Å²) in [4.78, 5) is 0. The van der Waals surface area contributed by atoms with Crippen molar-refractivity contribution in [2.45, 2.75) is 26.7 Å². The third kappa shape index (κ3) is 2.84. The third-order valence-electron chi connectivity index (χ3n) is 3.37. The Kier molecular flexibility index (Phi) is 4.71. The lowest BCUT2D eigenvalue weighted by atomic mass is 9.96. The highest BCUT2D eigenvalue weighted by Crippen LogP contribution is 2.35. The van der Waals surface area contributed by atoms with Crippen LogP contribution in [0.25, 0.3) is 11.1 Å². The molecular weight excluding hydrogens is 348 g/mol. The van der Waals surface area contributed by atoms with Crippen LogP contribution in [0, 0.1) is 23.3 Å². The molecule has 2 aromatic carbocycles. The van der Waals surface area contributed by atoms with Gasteiger partial charge in [0, 0.05) is 0 Å². The molecule has 0 spiro atoms. The highest BCUT2D eigenvalue weighted by molar-refractivity contribution is 9.10. The molecule has 112 valence electrons. The van der Waals surface area contributed by atoms with Gasteiger partial charge in [-0.25, -0.2) is 17.6 Å². The van der Waals surface area contributed by atoms with Gasteiger partial charge in [0.2, 0.25) is 0 Å². The molecule has 0 saturated carbocycles. The van der Waals surface area contributed by atoms with Crippen molar-refractivity contribution in [1.82, 2.24) is 0 Å². The number of halogens is 5. The van der Waals surface area contributed by atoms with E-state index in [9.17, 15) is 17.6 Å². The highest BCUT2D eigenvalue weighted by atomic mass is 79.9. The number of hydrogen-bond donors (Lipinski definition) is 0. The van der Waals surface area contributed by atoms with Crippen LogP contribution >= 0.6 is 15.9 Å². The zero-order chi connectivity index (χ0) is 15.7. The Balaban J connectivity index is 2.78. The summed E-state index contributed by atoms with van der Waals surface area (Å²) in [6.07, 6.45) is 1.32. The van der Waals surface area contributed by atoms with Gasteiger partial charge in [-0.1, -0.05) is 32.0 Å². The van der Waals surface area contributed by atoms with Gasteiger partial charge < -0.3 is 0 Å². The molecule has 0 aliphatic carbocycles. The molecule has 21 heavy (non-hydrogen) atoms. The van der Waals surface area contributed by atoms with E-state index in [1.54, 1.807) is 12.1 Å². The highest BCUT2D eigenvalue weighted by Gasteiger charge is 2.25. The Morgan fingerprint density at radius 2 is 1.19 bits per heavy atom. The van der Waals surface area contributed by atoms with Crippen molar-refractivity contribution in [2.75, 3.05) is 0 Å². The van der Waals surface area contributed by atoms with Gasteiger partial charge in [-0.2, -0.15) is 0 Å². The van der Waals surface area contributed by atoms with E-state index in [2.05, 4.69) is 15.9 Å². The molecule has 0 fully saturated rings.